The van der Waals surface area contributed by atoms with E-state index in [1.54, 1.807) is 21.3 Å². The van der Waals surface area contributed by atoms with Crippen LogP contribution in [0.15, 0.2) is 18.2 Å². The monoisotopic (exact) mass is 280 g/mol. The number of hydrogen-bond acceptors (Lipinski definition) is 4. The number of nitrogens with one attached hydrogen (secondary N) is 2. The Morgan fingerprint density at radius 2 is 1.95 bits per heavy atom. The summed E-state index contributed by atoms with van der Waals surface area (Å²) in [5, 5.41) is 6.01. The third-order valence-electron chi connectivity index (χ3n) is 3.22. The van der Waals surface area contributed by atoms with Gasteiger partial charge >= 0.3 is 0 Å². The van der Waals surface area contributed by atoms with Crippen molar-refractivity contribution in [3.05, 3.63) is 23.8 Å². The molecule has 1 aromatic carbocycles. The number of ether oxygens (including phenoxy) is 2. The van der Waals surface area contributed by atoms with Crippen molar-refractivity contribution in [1.29, 1.82) is 0 Å². The van der Waals surface area contributed by atoms with Crippen molar-refractivity contribution in [3.63, 3.8) is 0 Å². The first kappa shape index (κ1) is 16.3. The molecule has 0 aliphatic carbocycles. The molecule has 1 unspecified atom stereocenters. The van der Waals surface area contributed by atoms with E-state index >= 15 is 0 Å². The molecular weight excluding hydrogens is 256 g/mol. The van der Waals surface area contributed by atoms with Crippen molar-refractivity contribution in [2.75, 3.05) is 27.8 Å². The third-order valence-corrected chi connectivity index (χ3v) is 3.22. The van der Waals surface area contributed by atoms with Crippen LogP contribution in [-0.4, -0.2) is 33.7 Å². The highest BCUT2D eigenvalue weighted by Gasteiger charge is 2.09. The fraction of sp³-hybridized carbons (Fsp3) is 0.533. The van der Waals surface area contributed by atoms with Crippen molar-refractivity contribution in [2.24, 2.45) is 0 Å². The molecule has 20 heavy (non-hydrogen) atoms. The van der Waals surface area contributed by atoms with Gasteiger partial charge in [-0.3, -0.25) is 4.79 Å². The maximum Gasteiger partial charge on any atom is 0.219 e. The highest BCUT2D eigenvalue weighted by molar-refractivity contribution is 5.75. The molecule has 5 heteroatoms. The van der Waals surface area contributed by atoms with Gasteiger partial charge in [0.05, 0.1) is 14.2 Å². The molecule has 0 aromatic heterocycles. The van der Waals surface area contributed by atoms with E-state index in [2.05, 4.69) is 17.6 Å². The van der Waals surface area contributed by atoms with Crippen molar-refractivity contribution in [2.45, 2.75) is 25.8 Å². The van der Waals surface area contributed by atoms with Gasteiger partial charge in [-0.25, -0.2) is 0 Å². The number of methoxy groups -OCH3 is 2. The minimum atomic E-state index is 0.0746. The molecule has 1 rings (SSSR count). The zero-order chi connectivity index (χ0) is 15.0. The molecule has 0 aliphatic heterocycles. The van der Waals surface area contributed by atoms with Crippen LogP contribution in [0.3, 0.4) is 0 Å². The van der Waals surface area contributed by atoms with Crippen LogP contribution < -0.4 is 20.1 Å². The molecule has 5 nitrogen and oxygen atoms in total. The molecule has 0 saturated heterocycles. The van der Waals surface area contributed by atoms with E-state index in [0.717, 1.165) is 30.0 Å². The lowest BCUT2D eigenvalue weighted by Crippen LogP contribution is -2.23. The largest absolute Gasteiger partial charge is 0.493 e. The van der Waals surface area contributed by atoms with Crippen LogP contribution >= 0.6 is 0 Å². The molecule has 1 atom stereocenters. The molecule has 0 saturated carbocycles. The van der Waals surface area contributed by atoms with Gasteiger partial charge < -0.3 is 20.1 Å². The molecule has 112 valence electrons. The smallest absolute Gasteiger partial charge is 0.219 e. The first-order valence-corrected chi connectivity index (χ1v) is 6.78. The molecule has 0 spiro atoms. The Bertz CT molecular complexity index is 435. The van der Waals surface area contributed by atoms with Gasteiger partial charge in [-0.2, -0.15) is 0 Å². The molecule has 1 aromatic rings. The summed E-state index contributed by atoms with van der Waals surface area (Å²) in [6.07, 6.45) is 1.36. The average molecular weight is 280 g/mol. The summed E-state index contributed by atoms with van der Waals surface area (Å²) >= 11 is 0. The van der Waals surface area contributed by atoms with Gasteiger partial charge in [0.1, 0.15) is 0 Å². The van der Waals surface area contributed by atoms with E-state index in [1.165, 1.54) is 0 Å². The van der Waals surface area contributed by atoms with Gasteiger partial charge in [0, 0.05) is 19.5 Å². The lowest BCUT2D eigenvalue weighted by molar-refractivity contribution is -0.120. The molecule has 0 fully saturated rings. The van der Waals surface area contributed by atoms with Crippen molar-refractivity contribution < 1.29 is 14.3 Å². The Kier molecular flexibility index (Phi) is 6.87. The zero-order valence-corrected chi connectivity index (χ0v) is 12.7. The fourth-order valence-corrected chi connectivity index (χ4v) is 1.93. The third kappa shape index (κ3) is 4.74. The van der Waals surface area contributed by atoms with E-state index < -0.39 is 0 Å². The predicted octanol–water partition coefficient (Wildman–Crippen LogP) is 1.88. The lowest BCUT2D eigenvalue weighted by atomic mass is 10.1. The van der Waals surface area contributed by atoms with Crippen LogP contribution in [0.2, 0.25) is 0 Å². The second-order valence-corrected chi connectivity index (χ2v) is 4.57. The number of benzene rings is 1. The van der Waals surface area contributed by atoms with Crippen molar-refractivity contribution in [1.82, 2.24) is 10.6 Å². The number of amides is 1. The molecule has 2 N–H and O–H groups in total. The SMILES string of the molecule is CNC(=O)CCCNC(C)c1ccc(OC)c(OC)c1. The zero-order valence-electron chi connectivity index (χ0n) is 12.7. The minimum Gasteiger partial charge on any atom is -0.493 e. The Balaban J connectivity index is 2.50. The van der Waals surface area contributed by atoms with Crippen LogP contribution in [0.4, 0.5) is 0 Å². The van der Waals surface area contributed by atoms with E-state index in [9.17, 15) is 4.79 Å². The molecule has 0 heterocycles. The van der Waals surface area contributed by atoms with Crippen LogP contribution in [0, 0.1) is 0 Å². The number of carbonyl (C=O) groups is 1. The standard InChI is InChI=1S/C15H24N2O3/c1-11(17-9-5-6-15(18)16-2)12-7-8-13(19-3)14(10-12)20-4/h7-8,10-11,17H,5-6,9H2,1-4H3,(H,16,18). The summed E-state index contributed by atoms with van der Waals surface area (Å²) in [4.78, 5) is 11.1. The normalized spacial score (nSPS) is 11.8. The lowest BCUT2D eigenvalue weighted by Gasteiger charge is -2.16. The first-order valence-electron chi connectivity index (χ1n) is 6.78. The van der Waals surface area contributed by atoms with Crippen LogP contribution in [0.5, 0.6) is 11.5 Å². The van der Waals surface area contributed by atoms with E-state index in [4.69, 9.17) is 9.47 Å². The van der Waals surface area contributed by atoms with Crippen LogP contribution in [0.25, 0.3) is 0 Å². The second kappa shape index (κ2) is 8.43. The second-order valence-electron chi connectivity index (χ2n) is 4.57. The van der Waals surface area contributed by atoms with E-state index in [1.807, 2.05) is 18.2 Å². The van der Waals surface area contributed by atoms with E-state index in [0.29, 0.717) is 6.42 Å². The van der Waals surface area contributed by atoms with Gasteiger partial charge in [0.2, 0.25) is 5.91 Å². The average Bonchev–Trinajstić information content (AvgIpc) is 2.50. The fourth-order valence-electron chi connectivity index (χ4n) is 1.93. The predicted molar refractivity (Wildman–Crippen MR) is 79.3 cm³/mol. The Hall–Kier alpha value is -1.75. The van der Waals surface area contributed by atoms with Gasteiger partial charge in [0.15, 0.2) is 11.5 Å². The first-order chi connectivity index (χ1) is 9.62. The highest BCUT2D eigenvalue weighted by atomic mass is 16.5. The summed E-state index contributed by atoms with van der Waals surface area (Å²) in [5.74, 6) is 1.53. The molecule has 0 bridgehead atoms. The quantitative estimate of drug-likeness (QED) is 0.714. The summed E-state index contributed by atoms with van der Waals surface area (Å²) in [7, 11) is 4.91. The maximum atomic E-state index is 11.1. The molecular formula is C15H24N2O3. The van der Waals surface area contributed by atoms with Gasteiger partial charge in [0.25, 0.3) is 0 Å². The Labute approximate surface area is 120 Å². The summed E-state index contributed by atoms with van der Waals surface area (Å²) < 4.78 is 10.5. The van der Waals surface area contributed by atoms with Crippen molar-refractivity contribution in [3.8, 4) is 11.5 Å². The summed E-state index contributed by atoms with van der Waals surface area (Å²) in [5.41, 5.74) is 1.13. The Morgan fingerprint density at radius 3 is 2.55 bits per heavy atom. The van der Waals surface area contributed by atoms with Crippen molar-refractivity contribution >= 4 is 5.91 Å². The summed E-state index contributed by atoms with van der Waals surface area (Å²) in [6.45, 7) is 2.88. The van der Waals surface area contributed by atoms with Gasteiger partial charge in [-0.05, 0) is 37.6 Å². The topological polar surface area (TPSA) is 59.6 Å². The highest BCUT2D eigenvalue weighted by Crippen LogP contribution is 2.29. The maximum absolute atomic E-state index is 11.1. The number of carbonyl (C=O) groups excluding carboxylic acids is 1. The minimum absolute atomic E-state index is 0.0746. The van der Waals surface area contributed by atoms with Crippen LogP contribution in [-0.2, 0) is 4.79 Å². The molecule has 0 aliphatic rings. The Morgan fingerprint density at radius 1 is 1.25 bits per heavy atom. The number of hydrogen-bond donors (Lipinski definition) is 2. The molecule has 0 radical (unpaired) electrons. The van der Waals surface area contributed by atoms with Crippen LogP contribution in [0.1, 0.15) is 31.4 Å². The molecule has 1 amide bonds. The van der Waals surface area contributed by atoms with Gasteiger partial charge in [-0.15, -0.1) is 0 Å². The summed E-state index contributed by atoms with van der Waals surface area (Å²) in [6, 6.07) is 6.07. The van der Waals surface area contributed by atoms with Gasteiger partial charge in [-0.1, -0.05) is 6.07 Å². The van der Waals surface area contributed by atoms with E-state index in [-0.39, 0.29) is 11.9 Å². The number of rotatable bonds is 8.